The number of hydrogen-bond donors (Lipinski definition) is 3. The van der Waals surface area contributed by atoms with Crippen LogP contribution in [0.25, 0.3) is 0 Å². The maximum atomic E-state index is 12.5. The Morgan fingerprint density at radius 2 is 1.67 bits per heavy atom. The molecule has 3 aromatic rings. The second-order valence-corrected chi connectivity index (χ2v) is 11.6. The van der Waals surface area contributed by atoms with E-state index in [0.717, 1.165) is 47.7 Å². The molecule has 5 rings (SSSR count). The van der Waals surface area contributed by atoms with E-state index in [-0.39, 0.29) is 37.6 Å². The first-order valence-corrected chi connectivity index (χ1v) is 15.4. The second kappa shape index (κ2) is 15.4. The molecule has 0 saturated carbocycles. The summed E-state index contributed by atoms with van der Waals surface area (Å²) in [6.45, 7) is 2.35. The average molecular weight is 619 g/mol. The predicted octanol–water partition coefficient (Wildman–Crippen LogP) is 5.38. The quantitative estimate of drug-likeness (QED) is 0.216. The zero-order valence-corrected chi connectivity index (χ0v) is 25.9. The van der Waals surface area contributed by atoms with Crippen molar-refractivity contribution in [1.29, 1.82) is 0 Å². The Hall–Kier alpha value is -3.96. The number of hydrogen-bond acceptors (Lipinski definition) is 8. The van der Waals surface area contributed by atoms with E-state index in [4.69, 9.17) is 24.1 Å². The molecule has 2 heterocycles. The topological polar surface area (TPSA) is 127 Å². The van der Waals surface area contributed by atoms with Crippen LogP contribution in [0.5, 0.6) is 11.5 Å². The fourth-order valence-corrected chi connectivity index (χ4v) is 5.97. The molecule has 1 saturated heterocycles. The molecule has 2 aliphatic heterocycles. The Morgan fingerprint density at radius 3 is 2.38 bits per heavy atom. The van der Waals surface area contributed by atoms with Crippen molar-refractivity contribution in [1.82, 2.24) is 4.90 Å². The lowest BCUT2D eigenvalue weighted by atomic mass is 9.97. The monoisotopic (exact) mass is 618 g/mol. The van der Waals surface area contributed by atoms with Gasteiger partial charge in [-0.3, -0.25) is 14.5 Å². The van der Waals surface area contributed by atoms with Crippen LogP contribution in [0.15, 0.2) is 60.7 Å². The number of nitrogens with one attached hydrogen (secondary N) is 1. The Balaban J connectivity index is 1.30. The maximum absolute atomic E-state index is 12.5. The summed E-state index contributed by atoms with van der Waals surface area (Å²) < 4.78 is 24.2. The number of methoxy groups -OCH3 is 2. The molecule has 3 N–H and O–H groups in total. The van der Waals surface area contributed by atoms with Crippen LogP contribution in [0.1, 0.15) is 72.3 Å². The Kier molecular flexibility index (Phi) is 11.1. The van der Waals surface area contributed by atoms with Gasteiger partial charge in [0.25, 0.3) is 0 Å². The predicted molar refractivity (Wildman–Crippen MR) is 168 cm³/mol. The van der Waals surface area contributed by atoms with Gasteiger partial charge in [0, 0.05) is 50.1 Å². The lowest BCUT2D eigenvalue weighted by Crippen LogP contribution is -2.41. The van der Waals surface area contributed by atoms with Gasteiger partial charge in [0.1, 0.15) is 0 Å². The minimum Gasteiger partial charge on any atom is -0.493 e. The third-order valence-electron chi connectivity index (χ3n) is 8.36. The SMILES string of the molecule is COc1cc2c(cc1OC)CN(C[C@H]1C[C@@H](c3ccc(CO)cc3)O[C@@H](c3cccc(NC(=O)CCCCC(=O)O)c3)O1)CC2. The number of rotatable bonds is 13. The van der Waals surface area contributed by atoms with Gasteiger partial charge >= 0.3 is 5.97 Å². The average Bonchev–Trinajstić information content (AvgIpc) is 3.06. The number of aliphatic hydroxyl groups excluding tert-OH is 1. The number of anilines is 1. The summed E-state index contributed by atoms with van der Waals surface area (Å²) in [4.78, 5) is 25.7. The lowest BCUT2D eigenvalue weighted by Gasteiger charge is -2.39. The molecule has 0 bridgehead atoms. The number of fused-ring (bicyclic) bond motifs is 1. The first kappa shape index (κ1) is 32.4. The van der Waals surface area contributed by atoms with Crippen LogP contribution < -0.4 is 14.8 Å². The van der Waals surface area contributed by atoms with Gasteiger partial charge in [0.2, 0.25) is 5.91 Å². The van der Waals surface area contributed by atoms with Crippen molar-refractivity contribution in [2.45, 2.75) is 70.2 Å². The van der Waals surface area contributed by atoms with E-state index >= 15 is 0 Å². The molecule has 10 heteroatoms. The second-order valence-electron chi connectivity index (χ2n) is 11.6. The van der Waals surface area contributed by atoms with Gasteiger partial charge in [0.05, 0.1) is 33.0 Å². The van der Waals surface area contributed by atoms with Crippen LogP contribution in [0.3, 0.4) is 0 Å². The fourth-order valence-electron chi connectivity index (χ4n) is 5.97. The summed E-state index contributed by atoms with van der Waals surface area (Å²) >= 11 is 0. The molecule has 10 nitrogen and oxygen atoms in total. The molecule has 45 heavy (non-hydrogen) atoms. The highest BCUT2D eigenvalue weighted by Crippen LogP contribution is 2.39. The number of amides is 1. The number of unbranched alkanes of at least 4 members (excludes halogenated alkanes) is 1. The molecule has 0 radical (unpaired) electrons. The summed E-state index contributed by atoms with van der Waals surface area (Å²) in [6, 6.07) is 19.4. The molecule has 3 atom stereocenters. The fraction of sp³-hybridized carbons (Fsp3) is 0.429. The van der Waals surface area contributed by atoms with Crippen LogP contribution in [0, 0.1) is 0 Å². The number of carboxylic acids is 1. The zero-order valence-electron chi connectivity index (χ0n) is 25.9. The van der Waals surface area contributed by atoms with E-state index in [9.17, 15) is 14.7 Å². The summed E-state index contributed by atoms with van der Waals surface area (Å²) in [5.74, 6) is 0.441. The van der Waals surface area contributed by atoms with E-state index in [0.29, 0.717) is 31.5 Å². The molecule has 0 unspecified atom stereocenters. The molecule has 1 fully saturated rings. The minimum atomic E-state index is -0.859. The largest absolute Gasteiger partial charge is 0.493 e. The molecular formula is C35H42N2O8. The smallest absolute Gasteiger partial charge is 0.303 e. The summed E-state index contributed by atoms with van der Waals surface area (Å²) in [6.07, 6.45) is 1.82. The van der Waals surface area contributed by atoms with Crippen molar-refractivity contribution in [3.05, 3.63) is 88.5 Å². The van der Waals surface area contributed by atoms with Gasteiger partial charge in [-0.1, -0.05) is 36.4 Å². The highest BCUT2D eigenvalue weighted by molar-refractivity contribution is 5.90. The molecule has 1 amide bonds. The van der Waals surface area contributed by atoms with Crippen molar-refractivity contribution < 1.29 is 38.7 Å². The Labute approximate surface area is 263 Å². The number of ether oxygens (including phenoxy) is 4. The molecule has 3 aromatic carbocycles. The molecular weight excluding hydrogens is 576 g/mol. The standard InChI is InChI=1S/C35H42N2O8/c1-42-31-17-25-14-15-37(20-27(25)18-32(31)43-2)21-29-19-30(24-12-10-23(22-38)11-13-24)45-35(44-29)26-6-5-7-28(16-26)36-33(39)8-3-4-9-34(40)41/h5-7,10-13,16-18,29-30,35,38H,3-4,8-9,14-15,19-22H2,1-2H3,(H,36,39)(H,40,41)/t29-,30+,35+/m1/s1. The van der Waals surface area contributed by atoms with Crippen LogP contribution >= 0.6 is 0 Å². The van der Waals surface area contributed by atoms with Gasteiger partial charge in [-0.25, -0.2) is 0 Å². The van der Waals surface area contributed by atoms with Gasteiger partial charge in [0.15, 0.2) is 17.8 Å². The Morgan fingerprint density at radius 1 is 0.933 bits per heavy atom. The number of carbonyl (C=O) groups excluding carboxylic acids is 1. The van der Waals surface area contributed by atoms with Crippen molar-refractivity contribution in [3.8, 4) is 11.5 Å². The molecule has 0 aromatic heterocycles. The lowest BCUT2D eigenvalue weighted by molar-refractivity contribution is -0.253. The first-order valence-electron chi connectivity index (χ1n) is 15.4. The van der Waals surface area contributed by atoms with E-state index in [1.54, 1.807) is 14.2 Å². The van der Waals surface area contributed by atoms with Crippen molar-refractivity contribution >= 4 is 17.6 Å². The molecule has 0 aliphatic carbocycles. The normalized spacial score (nSPS) is 19.8. The number of benzene rings is 3. The number of nitrogens with zero attached hydrogens (tertiary/aromatic N) is 1. The van der Waals surface area contributed by atoms with Gasteiger partial charge in [-0.05, 0) is 65.8 Å². The highest BCUT2D eigenvalue weighted by atomic mass is 16.7. The summed E-state index contributed by atoms with van der Waals surface area (Å²) in [7, 11) is 3.30. The van der Waals surface area contributed by atoms with Crippen LogP contribution in [0.2, 0.25) is 0 Å². The van der Waals surface area contributed by atoms with Gasteiger partial charge in [-0.2, -0.15) is 0 Å². The third-order valence-corrected chi connectivity index (χ3v) is 8.36. The van der Waals surface area contributed by atoms with Crippen molar-refractivity contribution in [2.75, 3.05) is 32.6 Å². The third kappa shape index (κ3) is 8.61. The number of aliphatic carboxylic acids is 1. The molecule has 2 aliphatic rings. The molecule has 240 valence electrons. The Bertz CT molecular complexity index is 1460. The first-order chi connectivity index (χ1) is 21.8. The van der Waals surface area contributed by atoms with E-state index in [1.807, 2.05) is 48.5 Å². The molecule has 0 spiro atoms. The summed E-state index contributed by atoms with van der Waals surface area (Å²) in [5.41, 5.74) is 5.75. The van der Waals surface area contributed by atoms with E-state index in [1.165, 1.54) is 11.1 Å². The van der Waals surface area contributed by atoms with Crippen LogP contribution in [-0.2, 0) is 38.6 Å². The van der Waals surface area contributed by atoms with Crippen molar-refractivity contribution in [3.63, 3.8) is 0 Å². The minimum absolute atomic E-state index is 0.0225. The number of carboxylic acid groups (broad SMARTS) is 1. The number of aliphatic hydroxyl groups is 1. The van der Waals surface area contributed by atoms with E-state index < -0.39 is 12.3 Å². The number of carbonyl (C=O) groups is 2. The van der Waals surface area contributed by atoms with Crippen molar-refractivity contribution in [2.24, 2.45) is 0 Å². The van der Waals surface area contributed by atoms with Gasteiger partial charge in [-0.15, -0.1) is 0 Å². The van der Waals surface area contributed by atoms with Gasteiger partial charge < -0.3 is 34.5 Å². The summed E-state index contributed by atoms with van der Waals surface area (Å²) in [5, 5.41) is 21.3. The maximum Gasteiger partial charge on any atom is 0.303 e. The van der Waals surface area contributed by atoms with Crippen LogP contribution in [0.4, 0.5) is 5.69 Å². The van der Waals surface area contributed by atoms with Crippen LogP contribution in [-0.4, -0.2) is 60.4 Å². The van der Waals surface area contributed by atoms with E-state index in [2.05, 4.69) is 22.3 Å². The highest BCUT2D eigenvalue weighted by Gasteiger charge is 2.34. The zero-order chi connectivity index (χ0) is 31.8.